The Morgan fingerprint density at radius 1 is 1.27 bits per heavy atom. The molecule has 1 N–H and O–H groups in total. The number of piperazine rings is 1. The number of aliphatic hydroxyl groups excluding tert-OH is 1. The summed E-state index contributed by atoms with van der Waals surface area (Å²) in [6, 6.07) is 3.67. The number of anilines is 1. The molecule has 160 valence electrons. The molecule has 11 heteroatoms. The number of rotatable bonds is 4. The summed E-state index contributed by atoms with van der Waals surface area (Å²) in [7, 11) is 0. The molecule has 2 atom stereocenters. The van der Waals surface area contributed by atoms with Crippen molar-refractivity contribution >= 4 is 29.2 Å². The summed E-state index contributed by atoms with van der Waals surface area (Å²) >= 11 is 5.66. The number of carbonyl (C=O) groups is 2. The molecular formula is C19H16ClF4N3O3. The Bertz CT molecular complexity index is 966. The van der Waals surface area contributed by atoms with Crippen molar-refractivity contribution in [3.05, 3.63) is 58.5 Å². The van der Waals surface area contributed by atoms with Crippen LogP contribution in [0.2, 0.25) is 5.02 Å². The van der Waals surface area contributed by atoms with E-state index in [1.807, 2.05) is 0 Å². The van der Waals surface area contributed by atoms with Gasteiger partial charge in [0.05, 0.1) is 16.7 Å². The van der Waals surface area contributed by atoms with Gasteiger partial charge < -0.3 is 10.0 Å². The first kappa shape index (κ1) is 22.0. The van der Waals surface area contributed by atoms with E-state index in [0.29, 0.717) is 5.56 Å². The van der Waals surface area contributed by atoms with Gasteiger partial charge in [-0.15, -0.1) is 0 Å². The van der Waals surface area contributed by atoms with Crippen molar-refractivity contribution in [2.45, 2.75) is 31.8 Å². The molecule has 30 heavy (non-hydrogen) atoms. The van der Waals surface area contributed by atoms with Crippen LogP contribution in [0.5, 0.6) is 0 Å². The predicted octanol–water partition coefficient (Wildman–Crippen LogP) is 3.02. The number of nitrogens with zero attached hydrogens (tertiary/aromatic N) is 3. The number of pyridine rings is 1. The van der Waals surface area contributed by atoms with Gasteiger partial charge in [0.2, 0.25) is 5.91 Å². The molecule has 6 nitrogen and oxygen atoms in total. The highest BCUT2D eigenvalue weighted by atomic mass is 35.5. The van der Waals surface area contributed by atoms with Crippen LogP contribution in [0.1, 0.15) is 18.1 Å². The quantitative estimate of drug-likeness (QED) is 0.734. The molecule has 1 aromatic heterocycles. The van der Waals surface area contributed by atoms with Crippen molar-refractivity contribution in [3.8, 4) is 0 Å². The Hall–Kier alpha value is -2.72. The lowest BCUT2D eigenvalue weighted by Gasteiger charge is -2.41. The summed E-state index contributed by atoms with van der Waals surface area (Å²) in [5.74, 6) is -2.72. The second-order valence-corrected chi connectivity index (χ2v) is 7.22. The van der Waals surface area contributed by atoms with E-state index < -0.39 is 53.9 Å². The third-order valence-electron chi connectivity index (χ3n) is 4.60. The minimum atomic E-state index is -4.51. The highest BCUT2D eigenvalue weighted by Gasteiger charge is 2.43. The zero-order valence-electron chi connectivity index (χ0n) is 15.5. The van der Waals surface area contributed by atoms with Crippen molar-refractivity contribution < 1.29 is 32.3 Å². The van der Waals surface area contributed by atoms with Crippen LogP contribution in [-0.2, 0) is 22.3 Å². The van der Waals surface area contributed by atoms with Gasteiger partial charge in [0, 0.05) is 12.7 Å². The Kier molecular flexibility index (Phi) is 6.00. The largest absolute Gasteiger partial charge is 0.416 e. The second-order valence-electron chi connectivity index (χ2n) is 6.79. The molecule has 0 spiro atoms. The number of carbonyl (C=O) groups excluding carboxylic acids is 2. The van der Waals surface area contributed by atoms with E-state index in [1.54, 1.807) is 0 Å². The number of aliphatic hydroxyl groups is 1. The summed E-state index contributed by atoms with van der Waals surface area (Å²) in [4.78, 5) is 31.3. The average molecular weight is 446 g/mol. The zero-order valence-corrected chi connectivity index (χ0v) is 16.3. The van der Waals surface area contributed by atoms with E-state index in [4.69, 9.17) is 11.6 Å². The summed E-state index contributed by atoms with van der Waals surface area (Å²) in [6.45, 7) is 0.529. The molecule has 3 rings (SSSR count). The van der Waals surface area contributed by atoms with Gasteiger partial charge in [-0.1, -0.05) is 23.7 Å². The van der Waals surface area contributed by atoms with Gasteiger partial charge in [-0.05, 0) is 30.7 Å². The first-order valence-electron chi connectivity index (χ1n) is 8.75. The number of hydrogen-bond acceptors (Lipinski definition) is 4. The molecule has 0 bridgehead atoms. The minimum Gasteiger partial charge on any atom is -0.391 e. The van der Waals surface area contributed by atoms with E-state index in [9.17, 15) is 32.3 Å². The highest BCUT2D eigenvalue weighted by molar-refractivity contribution is 6.30. The second kappa shape index (κ2) is 8.19. The zero-order chi connectivity index (χ0) is 22.2. The van der Waals surface area contributed by atoms with E-state index >= 15 is 0 Å². The summed E-state index contributed by atoms with van der Waals surface area (Å²) in [5, 5.41) is 10.1. The number of aromatic nitrogens is 1. The van der Waals surface area contributed by atoms with Gasteiger partial charge in [-0.25, -0.2) is 9.37 Å². The fourth-order valence-corrected chi connectivity index (χ4v) is 3.33. The maximum Gasteiger partial charge on any atom is 0.416 e. The van der Waals surface area contributed by atoms with Crippen LogP contribution in [0.15, 0.2) is 36.5 Å². The number of alkyl halides is 3. The van der Waals surface area contributed by atoms with Crippen molar-refractivity contribution in [2.24, 2.45) is 0 Å². The summed E-state index contributed by atoms with van der Waals surface area (Å²) in [6.07, 6.45) is -4.72. The molecule has 1 fully saturated rings. The minimum absolute atomic E-state index is 0.00282. The fourth-order valence-electron chi connectivity index (χ4n) is 3.19. The Labute approximate surface area is 173 Å². The molecule has 0 aliphatic carbocycles. The molecule has 1 aromatic carbocycles. The first-order chi connectivity index (χ1) is 14.0. The summed E-state index contributed by atoms with van der Waals surface area (Å²) < 4.78 is 52.4. The molecule has 1 aliphatic rings. The molecule has 2 heterocycles. The molecule has 0 saturated carbocycles. The van der Waals surface area contributed by atoms with Crippen molar-refractivity contribution in [1.29, 1.82) is 0 Å². The van der Waals surface area contributed by atoms with Crippen LogP contribution in [-0.4, -0.2) is 45.5 Å². The Balaban J connectivity index is 1.88. The average Bonchev–Trinajstić information content (AvgIpc) is 2.64. The van der Waals surface area contributed by atoms with Crippen molar-refractivity contribution in [2.75, 3.05) is 11.4 Å². The van der Waals surface area contributed by atoms with Gasteiger partial charge in [0.1, 0.15) is 12.6 Å². The van der Waals surface area contributed by atoms with Gasteiger partial charge in [-0.3, -0.25) is 14.5 Å². The fraction of sp³-hybridized carbons (Fsp3) is 0.316. The van der Waals surface area contributed by atoms with E-state index in [2.05, 4.69) is 4.98 Å². The van der Waals surface area contributed by atoms with Crippen LogP contribution in [0, 0.1) is 5.82 Å². The van der Waals surface area contributed by atoms with Crippen LogP contribution in [0.3, 0.4) is 0 Å². The molecule has 0 radical (unpaired) electrons. The van der Waals surface area contributed by atoms with E-state index in [1.165, 1.54) is 19.1 Å². The van der Waals surface area contributed by atoms with Crippen LogP contribution >= 0.6 is 11.6 Å². The van der Waals surface area contributed by atoms with Crippen molar-refractivity contribution in [1.82, 2.24) is 9.88 Å². The Morgan fingerprint density at radius 3 is 2.43 bits per heavy atom. The molecular weight excluding hydrogens is 430 g/mol. The van der Waals surface area contributed by atoms with Crippen LogP contribution in [0.4, 0.5) is 23.4 Å². The normalized spacial score (nSPS) is 18.7. The first-order valence-corrected chi connectivity index (χ1v) is 9.13. The van der Waals surface area contributed by atoms with E-state index in [-0.39, 0.29) is 11.6 Å². The van der Waals surface area contributed by atoms with Gasteiger partial charge in [-0.2, -0.15) is 13.2 Å². The van der Waals surface area contributed by atoms with Gasteiger partial charge in [0.25, 0.3) is 5.91 Å². The summed E-state index contributed by atoms with van der Waals surface area (Å²) in [5.41, 5.74) is -0.520. The van der Waals surface area contributed by atoms with Crippen LogP contribution < -0.4 is 4.90 Å². The molecule has 2 aromatic rings. The standard InChI is InChI=1S/C19H16ClF4N3O3/c1-10(28)16-18(30)27(17-14(21)6-13(20)7-25-17)9-15(29)26(16)8-11-2-4-12(5-3-11)19(22,23)24/h2-7,10,16,28H,8-9H2,1H3/t10-,16+/m0/s1. The molecule has 1 aliphatic heterocycles. The number of amides is 2. The molecule has 2 amide bonds. The van der Waals surface area contributed by atoms with Crippen molar-refractivity contribution in [3.63, 3.8) is 0 Å². The monoisotopic (exact) mass is 445 g/mol. The predicted molar refractivity (Wildman–Crippen MR) is 99.0 cm³/mol. The third kappa shape index (κ3) is 4.39. The molecule has 1 saturated heterocycles. The third-order valence-corrected chi connectivity index (χ3v) is 4.81. The SMILES string of the molecule is C[C@H](O)[C@@H]1C(=O)N(c2ncc(Cl)cc2F)CC(=O)N1Cc1ccc(C(F)(F)F)cc1. The number of halogens is 5. The lowest BCUT2D eigenvalue weighted by molar-refractivity contribution is -0.148. The lowest BCUT2D eigenvalue weighted by atomic mass is 10.0. The topological polar surface area (TPSA) is 73.7 Å². The number of hydrogen-bond donors (Lipinski definition) is 1. The molecule has 0 unspecified atom stereocenters. The van der Waals surface area contributed by atoms with E-state index in [0.717, 1.165) is 34.2 Å². The van der Waals surface area contributed by atoms with Gasteiger partial charge in [0.15, 0.2) is 11.6 Å². The Morgan fingerprint density at radius 2 is 1.90 bits per heavy atom. The lowest BCUT2D eigenvalue weighted by Crippen LogP contribution is -2.63. The maximum absolute atomic E-state index is 14.2. The maximum atomic E-state index is 14.2. The van der Waals surface area contributed by atoms with Gasteiger partial charge >= 0.3 is 6.18 Å². The van der Waals surface area contributed by atoms with Crippen LogP contribution in [0.25, 0.3) is 0 Å². The smallest absolute Gasteiger partial charge is 0.391 e. The highest BCUT2D eigenvalue weighted by Crippen LogP contribution is 2.30. The number of benzene rings is 1.